The lowest BCUT2D eigenvalue weighted by molar-refractivity contribution is 0.0697. The number of anilines is 1. The summed E-state index contributed by atoms with van der Waals surface area (Å²) in [5.74, 6) is 0.0280. The van der Waals surface area contributed by atoms with Gasteiger partial charge in [0.15, 0.2) is 0 Å². The zero-order valence-electron chi connectivity index (χ0n) is 12.4. The van der Waals surface area contributed by atoms with E-state index in [1.807, 2.05) is 6.07 Å². The Morgan fingerprint density at radius 1 is 1.48 bits per heavy atom. The second-order valence-electron chi connectivity index (χ2n) is 6.06. The number of nitrogens with one attached hydrogen (secondary N) is 1. The molecule has 0 aromatic carbocycles. The van der Waals surface area contributed by atoms with Crippen LogP contribution in [0.3, 0.4) is 0 Å². The molecule has 1 fully saturated rings. The van der Waals surface area contributed by atoms with Crippen LogP contribution in [0.15, 0.2) is 6.07 Å². The summed E-state index contributed by atoms with van der Waals surface area (Å²) in [5.41, 5.74) is 2.45. The zero-order valence-corrected chi connectivity index (χ0v) is 12.4. The van der Waals surface area contributed by atoms with Crippen LogP contribution in [-0.2, 0) is 17.6 Å². The minimum absolute atomic E-state index is 0.166. The van der Waals surface area contributed by atoms with Crippen LogP contribution in [0.25, 0.3) is 0 Å². The molecule has 5 heteroatoms. The van der Waals surface area contributed by atoms with Crippen molar-refractivity contribution in [3.05, 3.63) is 22.9 Å². The topological polar surface area (TPSA) is 71.5 Å². The van der Waals surface area contributed by atoms with Crippen molar-refractivity contribution in [1.29, 1.82) is 0 Å². The van der Waals surface area contributed by atoms with Gasteiger partial charge >= 0.3 is 5.97 Å². The molecular weight excluding hydrogens is 268 g/mol. The Bertz CT molecular complexity index is 539. The van der Waals surface area contributed by atoms with Gasteiger partial charge in [-0.1, -0.05) is 0 Å². The Morgan fingerprint density at radius 3 is 3.00 bits per heavy atom. The van der Waals surface area contributed by atoms with Crippen LogP contribution in [-0.4, -0.2) is 35.3 Å². The van der Waals surface area contributed by atoms with Crippen molar-refractivity contribution in [1.82, 2.24) is 4.98 Å². The number of carboxylic acids is 1. The van der Waals surface area contributed by atoms with Crippen molar-refractivity contribution in [3.8, 4) is 0 Å². The van der Waals surface area contributed by atoms with E-state index in [1.54, 1.807) is 0 Å². The number of carbonyl (C=O) groups is 1. The van der Waals surface area contributed by atoms with Crippen LogP contribution >= 0.6 is 0 Å². The first-order chi connectivity index (χ1) is 10.1. The first-order valence-corrected chi connectivity index (χ1v) is 7.75. The lowest BCUT2D eigenvalue weighted by Gasteiger charge is -2.23. The zero-order chi connectivity index (χ0) is 14.8. The normalized spacial score (nSPS) is 22.6. The summed E-state index contributed by atoms with van der Waals surface area (Å²) in [7, 11) is 0. The number of hydrogen-bond acceptors (Lipinski definition) is 4. The highest BCUT2D eigenvalue weighted by molar-refractivity contribution is 5.93. The fraction of sp³-hybridized carbons (Fsp3) is 0.625. The predicted octanol–water partition coefficient (Wildman–Crippen LogP) is 2.50. The molecule has 5 nitrogen and oxygen atoms in total. The third-order valence-electron chi connectivity index (χ3n) is 4.57. The molecule has 2 aliphatic rings. The highest BCUT2D eigenvalue weighted by atomic mass is 16.5. The largest absolute Gasteiger partial charge is 0.478 e. The van der Waals surface area contributed by atoms with Gasteiger partial charge in [0.25, 0.3) is 0 Å². The number of pyridine rings is 1. The molecule has 2 N–H and O–H groups in total. The fourth-order valence-corrected chi connectivity index (χ4v) is 3.19. The number of fused-ring (bicyclic) bond motifs is 1. The maximum Gasteiger partial charge on any atom is 0.339 e. The molecule has 1 aliphatic carbocycles. The minimum Gasteiger partial charge on any atom is -0.478 e. The average molecular weight is 290 g/mol. The van der Waals surface area contributed by atoms with Crippen LogP contribution in [0.1, 0.15) is 47.8 Å². The first-order valence-electron chi connectivity index (χ1n) is 7.75. The molecule has 0 spiro atoms. The van der Waals surface area contributed by atoms with Gasteiger partial charge in [0.05, 0.1) is 6.61 Å². The Morgan fingerprint density at radius 2 is 2.29 bits per heavy atom. The minimum atomic E-state index is -0.909. The highest BCUT2D eigenvalue weighted by Crippen LogP contribution is 2.27. The summed E-state index contributed by atoms with van der Waals surface area (Å²) in [4.78, 5) is 16.1. The summed E-state index contributed by atoms with van der Waals surface area (Å²) in [5, 5.41) is 12.8. The van der Waals surface area contributed by atoms with E-state index in [0.29, 0.717) is 17.3 Å². The first kappa shape index (κ1) is 14.3. The van der Waals surface area contributed by atoms with Crippen LogP contribution < -0.4 is 5.32 Å². The number of nitrogens with zero attached hydrogens (tertiary/aromatic N) is 1. The number of carboxylic acid groups (broad SMARTS) is 1. The van der Waals surface area contributed by atoms with Crippen LogP contribution in [0.5, 0.6) is 0 Å². The van der Waals surface area contributed by atoms with Crippen LogP contribution in [0.2, 0.25) is 0 Å². The van der Waals surface area contributed by atoms with Gasteiger partial charge in [0, 0.05) is 24.3 Å². The molecule has 21 heavy (non-hydrogen) atoms. The number of ether oxygens (including phenoxy) is 1. The van der Waals surface area contributed by atoms with E-state index in [1.165, 1.54) is 0 Å². The number of aryl methyl sites for hydroxylation is 2. The Balaban J connectivity index is 1.86. The standard InChI is InChI=1S/C16H22N2O3/c1-10(12-6-7-21-9-12)17-15-13(16(19)20)8-11-4-2-3-5-14(11)18-15/h8,10,12H,2-7,9H2,1H3,(H,17,18)(H,19,20). The van der Waals surface area contributed by atoms with Gasteiger partial charge in [-0.2, -0.15) is 0 Å². The molecule has 1 aromatic rings. The summed E-state index contributed by atoms with van der Waals surface area (Å²) >= 11 is 0. The third kappa shape index (κ3) is 3.02. The van der Waals surface area contributed by atoms with E-state index in [-0.39, 0.29) is 6.04 Å². The third-order valence-corrected chi connectivity index (χ3v) is 4.57. The summed E-state index contributed by atoms with van der Waals surface area (Å²) in [6.07, 6.45) is 5.16. The van der Waals surface area contributed by atoms with Crippen molar-refractivity contribution in [2.45, 2.75) is 45.1 Å². The van der Waals surface area contributed by atoms with Gasteiger partial charge in [0.1, 0.15) is 11.4 Å². The number of rotatable bonds is 4. The molecule has 2 unspecified atom stereocenters. The lowest BCUT2D eigenvalue weighted by atomic mass is 9.94. The van der Waals surface area contributed by atoms with Gasteiger partial charge in [-0.15, -0.1) is 0 Å². The molecular formula is C16H22N2O3. The van der Waals surface area contributed by atoms with E-state index >= 15 is 0 Å². The Kier molecular flexibility index (Phi) is 4.10. The molecule has 2 atom stereocenters. The molecule has 1 aliphatic heterocycles. The number of aromatic carboxylic acids is 1. The molecule has 1 aromatic heterocycles. The summed E-state index contributed by atoms with van der Waals surface area (Å²) < 4.78 is 5.41. The maximum absolute atomic E-state index is 11.5. The maximum atomic E-state index is 11.5. The average Bonchev–Trinajstić information content (AvgIpc) is 3.00. The van der Waals surface area contributed by atoms with Crippen molar-refractivity contribution in [2.75, 3.05) is 18.5 Å². The molecule has 1 saturated heterocycles. The van der Waals surface area contributed by atoms with Gasteiger partial charge in [-0.25, -0.2) is 9.78 Å². The smallest absolute Gasteiger partial charge is 0.339 e. The second-order valence-corrected chi connectivity index (χ2v) is 6.06. The quantitative estimate of drug-likeness (QED) is 0.891. The van der Waals surface area contributed by atoms with Crippen molar-refractivity contribution in [2.24, 2.45) is 5.92 Å². The van der Waals surface area contributed by atoms with E-state index in [9.17, 15) is 9.90 Å². The summed E-state index contributed by atoms with van der Waals surface area (Å²) in [6, 6.07) is 1.98. The van der Waals surface area contributed by atoms with E-state index < -0.39 is 5.97 Å². The van der Waals surface area contributed by atoms with E-state index in [2.05, 4.69) is 17.2 Å². The van der Waals surface area contributed by atoms with E-state index in [0.717, 1.165) is 56.6 Å². The van der Waals surface area contributed by atoms with Crippen LogP contribution in [0.4, 0.5) is 5.82 Å². The predicted molar refractivity (Wildman–Crippen MR) is 79.8 cm³/mol. The van der Waals surface area contributed by atoms with E-state index in [4.69, 9.17) is 4.74 Å². The SMILES string of the molecule is CC(Nc1nc2c(cc1C(=O)O)CCCC2)C1CCOC1. The fourth-order valence-electron chi connectivity index (χ4n) is 3.19. The monoisotopic (exact) mass is 290 g/mol. The molecule has 2 heterocycles. The Labute approximate surface area is 124 Å². The number of aromatic nitrogens is 1. The molecule has 0 radical (unpaired) electrons. The van der Waals surface area contributed by atoms with Gasteiger partial charge in [-0.3, -0.25) is 0 Å². The second kappa shape index (κ2) is 6.02. The molecule has 0 amide bonds. The molecule has 3 rings (SSSR count). The van der Waals surface area contributed by atoms with Crippen molar-refractivity contribution >= 4 is 11.8 Å². The van der Waals surface area contributed by atoms with Gasteiger partial charge in [0.2, 0.25) is 0 Å². The Hall–Kier alpha value is -1.62. The molecule has 0 bridgehead atoms. The molecule has 0 saturated carbocycles. The van der Waals surface area contributed by atoms with Crippen molar-refractivity contribution < 1.29 is 14.6 Å². The van der Waals surface area contributed by atoms with Gasteiger partial charge in [-0.05, 0) is 50.7 Å². The van der Waals surface area contributed by atoms with Gasteiger partial charge < -0.3 is 15.2 Å². The molecule has 114 valence electrons. The lowest BCUT2D eigenvalue weighted by Crippen LogP contribution is -2.28. The highest BCUT2D eigenvalue weighted by Gasteiger charge is 2.25. The summed E-state index contributed by atoms with van der Waals surface area (Å²) in [6.45, 7) is 3.60. The van der Waals surface area contributed by atoms with Crippen molar-refractivity contribution in [3.63, 3.8) is 0 Å². The van der Waals surface area contributed by atoms with Crippen LogP contribution in [0, 0.1) is 5.92 Å². The number of hydrogen-bond donors (Lipinski definition) is 2.